The molecular weight excluding hydrogens is 210 g/mol. The number of amides is 1. The molecule has 0 spiro atoms. The molecule has 4 nitrogen and oxygen atoms in total. The predicted octanol–water partition coefficient (Wildman–Crippen LogP) is 1.30. The molecule has 1 unspecified atom stereocenters. The number of primary amides is 1. The Morgan fingerprint density at radius 2 is 2.40 bits per heavy atom. The molecule has 2 heterocycles. The lowest BCUT2D eigenvalue weighted by molar-refractivity contribution is -0.117. The van der Waals surface area contributed by atoms with Crippen molar-refractivity contribution in [2.45, 2.75) is 17.3 Å². The molecule has 1 atom stereocenters. The zero-order valence-corrected chi connectivity index (χ0v) is 9.07. The average molecular weight is 221 g/mol. The number of rotatable bonds is 3. The van der Waals surface area contributed by atoms with Crippen LogP contribution < -0.4 is 5.73 Å². The van der Waals surface area contributed by atoms with Crippen molar-refractivity contribution in [1.82, 2.24) is 9.38 Å². The third-order valence-corrected chi connectivity index (χ3v) is 3.19. The maximum Gasteiger partial charge on any atom is 0.230 e. The number of carbonyl (C=O) groups excluding carboxylic acids is 1. The van der Waals surface area contributed by atoms with E-state index in [1.54, 1.807) is 13.1 Å². The lowest BCUT2D eigenvalue weighted by Crippen LogP contribution is -2.22. The van der Waals surface area contributed by atoms with Crippen LogP contribution in [0.3, 0.4) is 0 Å². The fourth-order valence-electron chi connectivity index (χ4n) is 1.22. The summed E-state index contributed by atoms with van der Waals surface area (Å²) in [5.41, 5.74) is 6.21. The van der Waals surface area contributed by atoms with Crippen molar-refractivity contribution in [1.29, 1.82) is 0 Å². The van der Waals surface area contributed by atoms with Gasteiger partial charge in [-0.2, -0.15) is 0 Å². The Labute approximate surface area is 91.5 Å². The molecule has 2 aromatic heterocycles. The molecule has 0 bridgehead atoms. The topological polar surface area (TPSA) is 60.4 Å². The second-order valence-corrected chi connectivity index (χ2v) is 4.51. The van der Waals surface area contributed by atoms with Gasteiger partial charge in [0.15, 0.2) is 5.16 Å². The van der Waals surface area contributed by atoms with Crippen LogP contribution in [0.15, 0.2) is 35.7 Å². The van der Waals surface area contributed by atoms with Crippen molar-refractivity contribution >= 4 is 23.2 Å². The van der Waals surface area contributed by atoms with E-state index in [0.29, 0.717) is 0 Å². The van der Waals surface area contributed by atoms with Gasteiger partial charge in [0.1, 0.15) is 0 Å². The number of nitrogens with two attached hydrogens (primary N) is 1. The predicted molar refractivity (Wildman–Crippen MR) is 59.7 cm³/mol. The minimum absolute atomic E-state index is 0.268. The molecule has 0 fully saturated rings. The largest absolute Gasteiger partial charge is 0.369 e. The molecule has 2 rings (SSSR count). The van der Waals surface area contributed by atoms with Crippen molar-refractivity contribution in [3.63, 3.8) is 0 Å². The molecule has 0 aromatic carbocycles. The SMILES string of the molecule is CC(Sc1ncc2ccccn12)C(N)=O. The molecule has 0 saturated heterocycles. The first kappa shape index (κ1) is 10.0. The summed E-state index contributed by atoms with van der Waals surface area (Å²) in [6.45, 7) is 1.77. The van der Waals surface area contributed by atoms with Crippen LogP contribution in [-0.4, -0.2) is 20.5 Å². The summed E-state index contributed by atoms with van der Waals surface area (Å²) in [6, 6.07) is 5.84. The number of aromatic nitrogens is 2. The number of fused-ring (bicyclic) bond motifs is 1. The Bertz CT molecular complexity index is 494. The average Bonchev–Trinajstić information content (AvgIpc) is 2.62. The van der Waals surface area contributed by atoms with E-state index in [1.807, 2.05) is 28.8 Å². The quantitative estimate of drug-likeness (QED) is 0.795. The first-order chi connectivity index (χ1) is 7.18. The van der Waals surface area contributed by atoms with E-state index in [9.17, 15) is 4.79 Å². The van der Waals surface area contributed by atoms with Crippen LogP contribution in [0.4, 0.5) is 0 Å². The maximum absolute atomic E-state index is 10.9. The summed E-state index contributed by atoms with van der Waals surface area (Å²) in [5.74, 6) is -0.326. The number of carbonyl (C=O) groups is 1. The highest BCUT2D eigenvalue weighted by atomic mass is 32.2. The van der Waals surface area contributed by atoms with Crippen molar-refractivity contribution in [2.24, 2.45) is 5.73 Å². The highest BCUT2D eigenvalue weighted by Crippen LogP contribution is 2.22. The molecule has 0 aliphatic rings. The van der Waals surface area contributed by atoms with Crippen LogP contribution >= 0.6 is 11.8 Å². The normalized spacial score (nSPS) is 12.9. The Kier molecular flexibility index (Phi) is 2.64. The van der Waals surface area contributed by atoms with E-state index in [1.165, 1.54) is 11.8 Å². The zero-order valence-electron chi connectivity index (χ0n) is 8.25. The van der Waals surface area contributed by atoms with Gasteiger partial charge < -0.3 is 5.73 Å². The van der Waals surface area contributed by atoms with Crippen LogP contribution in [-0.2, 0) is 4.79 Å². The zero-order chi connectivity index (χ0) is 10.8. The Morgan fingerprint density at radius 1 is 1.60 bits per heavy atom. The smallest absolute Gasteiger partial charge is 0.230 e. The van der Waals surface area contributed by atoms with Gasteiger partial charge >= 0.3 is 0 Å². The molecule has 2 aromatic rings. The molecule has 5 heteroatoms. The lowest BCUT2D eigenvalue weighted by Gasteiger charge is -2.05. The number of thioether (sulfide) groups is 1. The van der Waals surface area contributed by atoms with E-state index in [0.717, 1.165) is 10.7 Å². The Hall–Kier alpha value is -1.49. The van der Waals surface area contributed by atoms with E-state index in [4.69, 9.17) is 5.73 Å². The third-order valence-electron chi connectivity index (χ3n) is 2.09. The van der Waals surface area contributed by atoms with E-state index in [-0.39, 0.29) is 11.2 Å². The second kappa shape index (κ2) is 3.94. The van der Waals surface area contributed by atoms with Gasteiger partial charge in [-0.1, -0.05) is 17.8 Å². The van der Waals surface area contributed by atoms with Gasteiger partial charge in [0, 0.05) is 6.20 Å². The monoisotopic (exact) mass is 221 g/mol. The molecule has 15 heavy (non-hydrogen) atoms. The summed E-state index contributed by atoms with van der Waals surface area (Å²) in [6.07, 6.45) is 3.69. The van der Waals surface area contributed by atoms with Gasteiger partial charge in [-0.05, 0) is 19.1 Å². The fraction of sp³-hybridized carbons (Fsp3) is 0.200. The fourth-order valence-corrected chi connectivity index (χ4v) is 2.05. The van der Waals surface area contributed by atoms with Crippen LogP contribution in [0, 0.1) is 0 Å². The van der Waals surface area contributed by atoms with E-state index >= 15 is 0 Å². The molecule has 0 aliphatic heterocycles. The van der Waals surface area contributed by atoms with Gasteiger partial charge in [-0.25, -0.2) is 4.98 Å². The molecule has 2 N–H and O–H groups in total. The van der Waals surface area contributed by atoms with Gasteiger partial charge in [-0.15, -0.1) is 0 Å². The molecular formula is C10H11N3OS. The van der Waals surface area contributed by atoms with E-state index < -0.39 is 0 Å². The summed E-state index contributed by atoms with van der Waals surface area (Å²) in [5, 5.41) is 0.521. The van der Waals surface area contributed by atoms with Gasteiger partial charge in [0.25, 0.3) is 0 Å². The van der Waals surface area contributed by atoms with Crippen LogP contribution in [0.1, 0.15) is 6.92 Å². The van der Waals surface area contributed by atoms with Crippen molar-refractivity contribution in [3.05, 3.63) is 30.6 Å². The van der Waals surface area contributed by atoms with Crippen molar-refractivity contribution in [2.75, 3.05) is 0 Å². The number of hydrogen-bond acceptors (Lipinski definition) is 3. The summed E-state index contributed by atoms with van der Waals surface area (Å²) < 4.78 is 1.93. The highest BCUT2D eigenvalue weighted by Gasteiger charge is 2.13. The lowest BCUT2D eigenvalue weighted by atomic mass is 10.4. The van der Waals surface area contributed by atoms with E-state index in [2.05, 4.69) is 4.98 Å². The molecule has 0 saturated carbocycles. The number of pyridine rings is 1. The van der Waals surface area contributed by atoms with Gasteiger partial charge in [-0.3, -0.25) is 9.20 Å². The highest BCUT2D eigenvalue weighted by molar-refractivity contribution is 8.00. The van der Waals surface area contributed by atoms with Crippen LogP contribution in [0.25, 0.3) is 5.52 Å². The maximum atomic E-state index is 10.9. The van der Waals surface area contributed by atoms with Crippen LogP contribution in [0.2, 0.25) is 0 Å². The molecule has 0 radical (unpaired) electrons. The summed E-state index contributed by atoms with van der Waals surface area (Å²) in [7, 11) is 0. The van der Waals surface area contributed by atoms with Gasteiger partial charge in [0.2, 0.25) is 5.91 Å². The minimum Gasteiger partial charge on any atom is -0.369 e. The van der Waals surface area contributed by atoms with Crippen LogP contribution in [0.5, 0.6) is 0 Å². The number of imidazole rings is 1. The summed E-state index contributed by atoms with van der Waals surface area (Å²) in [4.78, 5) is 15.2. The number of hydrogen-bond donors (Lipinski definition) is 1. The third kappa shape index (κ3) is 1.97. The molecule has 1 amide bonds. The first-order valence-corrected chi connectivity index (χ1v) is 5.44. The van der Waals surface area contributed by atoms with Crippen molar-refractivity contribution < 1.29 is 4.79 Å². The Balaban J connectivity index is 2.32. The second-order valence-electron chi connectivity index (χ2n) is 3.20. The van der Waals surface area contributed by atoms with Gasteiger partial charge in [0.05, 0.1) is 17.0 Å². The minimum atomic E-state index is -0.326. The Morgan fingerprint density at radius 3 is 3.13 bits per heavy atom. The number of nitrogens with zero attached hydrogens (tertiary/aromatic N) is 2. The summed E-state index contributed by atoms with van der Waals surface area (Å²) >= 11 is 1.37. The first-order valence-electron chi connectivity index (χ1n) is 4.56. The van der Waals surface area contributed by atoms with Crippen molar-refractivity contribution in [3.8, 4) is 0 Å². The molecule has 78 valence electrons. The molecule has 0 aliphatic carbocycles. The standard InChI is InChI=1S/C10H11N3OS/c1-7(9(11)14)15-10-12-6-8-4-2-3-5-13(8)10/h2-7H,1H3,(H2,11,14).